The van der Waals surface area contributed by atoms with Crippen molar-refractivity contribution < 1.29 is 13.9 Å². The Balaban J connectivity index is 1.65. The van der Waals surface area contributed by atoms with Crippen molar-refractivity contribution in [3.05, 3.63) is 30.1 Å². The predicted molar refractivity (Wildman–Crippen MR) is 72.8 cm³/mol. The Kier molecular flexibility index (Phi) is 3.61. The summed E-state index contributed by atoms with van der Waals surface area (Å²) in [6, 6.07) is 6.59. The van der Waals surface area contributed by atoms with E-state index in [1.807, 2.05) is 4.90 Å². The second kappa shape index (κ2) is 5.40. The van der Waals surface area contributed by atoms with E-state index in [0.717, 1.165) is 25.7 Å². The average Bonchev–Trinajstić information content (AvgIpc) is 2.72. The zero-order valence-corrected chi connectivity index (χ0v) is 11.3. The van der Waals surface area contributed by atoms with Gasteiger partial charge in [-0.1, -0.05) is 0 Å². The van der Waals surface area contributed by atoms with Gasteiger partial charge >= 0.3 is 0 Å². The van der Waals surface area contributed by atoms with Gasteiger partial charge in [0.25, 0.3) is 0 Å². The minimum Gasteiger partial charge on any atom is -0.490 e. The van der Waals surface area contributed by atoms with Crippen molar-refractivity contribution in [2.75, 3.05) is 6.54 Å². The molecule has 5 heteroatoms. The average molecular weight is 278 g/mol. The van der Waals surface area contributed by atoms with Crippen LogP contribution >= 0.6 is 0 Å². The van der Waals surface area contributed by atoms with Gasteiger partial charge in [-0.05, 0) is 37.1 Å². The van der Waals surface area contributed by atoms with Crippen LogP contribution in [-0.4, -0.2) is 35.5 Å². The number of carbonyl (C=O) groups excluding carboxylic acids is 1. The van der Waals surface area contributed by atoms with Crippen molar-refractivity contribution >= 4 is 5.91 Å². The third-order valence-corrected chi connectivity index (χ3v) is 4.27. The van der Waals surface area contributed by atoms with E-state index in [9.17, 15) is 9.18 Å². The van der Waals surface area contributed by atoms with Crippen molar-refractivity contribution in [1.29, 1.82) is 0 Å². The first-order valence-corrected chi connectivity index (χ1v) is 7.11. The SMILES string of the molecule is NCC(=O)N1C2CCC1CC(Oc1ccc(F)cc1)C2. The van der Waals surface area contributed by atoms with Gasteiger partial charge in [0.1, 0.15) is 17.7 Å². The lowest BCUT2D eigenvalue weighted by Crippen LogP contribution is -2.51. The highest BCUT2D eigenvalue weighted by Gasteiger charge is 2.43. The summed E-state index contributed by atoms with van der Waals surface area (Å²) in [6.45, 7) is 0.0798. The van der Waals surface area contributed by atoms with E-state index in [4.69, 9.17) is 10.5 Å². The van der Waals surface area contributed by atoms with E-state index in [1.165, 1.54) is 12.1 Å². The monoisotopic (exact) mass is 278 g/mol. The van der Waals surface area contributed by atoms with Crippen molar-refractivity contribution in [1.82, 2.24) is 4.90 Å². The van der Waals surface area contributed by atoms with E-state index in [2.05, 4.69) is 0 Å². The van der Waals surface area contributed by atoms with Gasteiger partial charge in [-0.25, -0.2) is 4.39 Å². The molecule has 2 N–H and O–H groups in total. The zero-order chi connectivity index (χ0) is 14.1. The summed E-state index contributed by atoms with van der Waals surface area (Å²) < 4.78 is 18.8. The topological polar surface area (TPSA) is 55.6 Å². The molecule has 2 fully saturated rings. The highest BCUT2D eigenvalue weighted by molar-refractivity contribution is 5.79. The molecule has 0 aliphatic carbocycles. The molecule has 2 saturated heterocycles. The first-order chi connectivity index (χ1) is 9.67. The molecule has 2 aliphatic heterocycles. The van der Waals surface area contributed by atoms with Gasteiger partial charge < -0.3 is 15.4 Å². The predicted octanol–water partition coefficient (Wildman–Crippen LogP) is 1.69. The molecule has 1 aromatic rings. The maximum Gasteiger partial charge on any atom is 0.236 e. The fourth-order valence-corrected chi connectivity index (χ4v) is 3.44. The van der Waals surface area contributed by atoms with Crippen LogP contribution in [0.4, 0.5) is 4.39 Å². The lowest BCUT2D eigenvalue weighted by molar-refractivity contribution is -0.135. The summed E-state index contributed by atoms with van der Waals surface area (Å²) in [4.78, 5) is 13.8. The minimum absolute atomic E-state index is 0.0396. The van der Waals surface area contributed by atoms with Gasteiger partial charge in [0.2, 0.25) is 5.91 Å². The van der Waals surface area contributed by atoms with Crippen LogP contribution in [0.25, 0.3) is 0 Å². The van der Waals surface area contributed by atoms with E-state index >= 15 is 0 Å². The number of rotatable bonds is 3. The maximum absolute atomic E-state index is 12.9. The fraction of sp³-hybridized carbons (Fsp3) is 0.533. The summed E-state index contributed by atoms with van der Waals surface area (Å²) in [7, 11) is 0. The third kappa shape index (κ3) is 2.50. The van der Waals surface area contributed by atoms with Crippen LogP contribution in [0.3, 0.4) is 0 Å². The van der Waals surface area contributed by atoms with Crippen LogP contribution in [0, 0.1) is 5.82 Å². The quantitative estimate of drug-likeness (QED) is 0.915. The maximum atomic E-state index is 12.9. The lowest BCUT2D eigenvalue weighted by atomic mass is 9.99. The number of amides is 1. The Morgan fingerprint density at radius 1 is 1.25 bits per heavy atom. The number of nitrogens with two attached hydrogens (primary N) is 1. The fourth-order valence-electron chi connectivity index (χ4n) is 3.44. The number of nitrogens with zero attached hydrogens (tertiary/aromatic N) is 1. The number of halogens is 1. The lowest BCUT2D eigenvalue weighted by Gasteiger charge is -2.38. The molecule has 0 aromatic heterocycles. The van der Waals surface area contributed by atoms with Gasteiger partial charge in [-0.2, -0.15) is 0 Å². The molecule has 2 heterocycles. The first-order valence-electron chi connectivity index (χ1n) is 7.11. The number of hydrogen-bond acceptors (Lipinski definition) is 3. The third-order valence-electron chi connectivity index (χ3n) is 4.27. The smallest absolute Gasteiger partial charge is 0.236 e. The molecule has 2 aliphatic rings. The second-order valence-corrected chi connectivity index (χ2v) is 5.56. The van der Waals surface area contributed by atoms with Crippen LogP contribution in [-0.2, 0) is 4.79 Å². The molecule has 20 heavy (non-hydrogen) atoms. The number of hydrogen-bond donors (Lipinski definition) is 1. The van der Waals surface area contributed by atoms with E-state index in [0.29, 0.717) is 5.75 Å². The van der Waals surface area contributed by atoms with Gasteiger partial charge in [-0.3, -0.25) is 4.79 Å². The van der Waals surface area contributed by atoms with Crippen LogP contribution in [0.1, 0.15) is 25.7 Å². The number of ether oxygens (including phenoxy) is 1. The van der Waals surface area contributed by atoms with Crippen molar-refractivity contribution in [3.8, 4) is 5.75 Å². The van der Waals surface area contributed by atoms with Crippen molar-refractivity contribution in [2.24, 2.45) is 5.73 Å². The van der Waals surface area contributed by atoms with Crippen molar-refractivity contribution in [2.45, 2.75) is 43.9 Å². The van der Waals surface area contributed by atoms with Crippen LogP contribution < -0.4 is 10.5 Å². The molecule has 2 unspecified atom stereocenters. The molecule has 1 amide bonds. The molecule has 2 bridgehead atoms. The molecule has 3 rings (SSSR count). The molecular formula is C15H19FN2O2. The number of fused-ring (bicyclic) bond motifs is 2. The molecule has 0 spiro atoms. The highest BCUT2D eigenvalue weighted by atomic mass is 19.1. The normalized spacial score (nSPS) is 28.5. The van der Waals surface area contributed by atoms with Gasteiger partial charge in [0, 0.05) is 24.9 Å². The van der Waals surface area contributed by atoms with E-state index in [1.54, 1.807) is 12.1 Å². The summed E-state index contributed by atoms with van der Waals surface area (Å²) in [5, 5.41) is 0. The molecular weight excluding hydrogens is 259 g/mol. The molecule has 0 radical (unpaired) electrons. The number of benzene rings is 1. The summed E-state index contributed by atoms with van der Waals surface area (Å²) >= 11 is 0. The molecule has 108 valence electrons. The zero-order valence-electron chi connectivity index (χ0n) is 11.3. The summed E-state index contributed by atoms with van der Waals surface area (Å²) in [5.41, 5.74) is 5.47. The van der Waals surface area contributed by atoms with Gasteiger partial charge in [-0.15, -0.1) is 0 Å². The number of carbonyl (C=O) groups is 1. The van der Waals surface area contributed by atoms with E-state index < -0.39 is 0 Å². The largest absolute Gasteiger partial charge is 0.490 e. The van der Waals surface area contributed by atoms with Crippen LogP contribution in [0.2, 0.25) is 0 Å². The molecule has 4 nitrogen and oxygen atoms in total. The second-order valence-electron chi connectivity index (χ2n) is 5.56. The Morgan fingerprint density at radius 2 is 1.85 bits per heavy atom. The highest BCUT2D eigenvalue weighted by Crippen LogP contribution is 2.37. The number of piperidine rings is 1. The molecule has 1 aromatic carbocycles. The van der Waals surface area contributed by atoms with Gasteiger partial charge in [0.15, 0.2) is 0 Å². The Bertz CT molecular complexity index is 477. The summed E-state index contributed by atoms with van der Waals surface area (Å²) in [6.07, 6.45) is 3.82. The first kappa shape index (κ1) is 13.4. The minimum atomic E-state index is -0.263. The summed E-state index contributed by atoms with van der Waals surface area (Å²) in [5.74, 6) is 0.466. The molecule has 2 atom stereocenters. The molecule has 0 saturated carbocycles. The van der Waals surface area contributed by atoms with Gasteiger partial charge in [0.05, 0.1) is 6.54 Å². The van der Waals surface area contributed by atoms with Crippen molar-refractivity contribution in [3.63, 3.8) is 0 Å². The Morgan fingerprint density at radius 3 is 2.40 bits per heavy atom. The van der Waals surface area contributed by atoms with Crippen LogP contribution in [0.15, 0.2) is 24.3 Å². The standard InChI is InChI=1S/C15H19FN2O2/c16-10-1-5-13(6-2-10)20-14-7-11-3-4-12(8-14)18(11)15(19)9-17/h1-2,5-6,11-12,14H,3-4,7-9,17H2. The Labute approximate surface area is 117 Å². The van der Waals surface area contributed by atoms with Crippen LogP contribution in [0.5, 0.6) is 5.75 Å². The Hall–Kier alpha value is -1.62. The van der Waals surface area contributed by atoms with E-state index in [-0.39, 0.29) is 36.5 Å².